The van der Waals surface area contributed by atoms with Gasteiger partial charge in [0.25, 0.3) is 5.56 Å². The lowest BCUT2D eigenvalue weighted by Gasteiger charge is -2.10. The second-order valence-corrected chi connectivity index (χ2v) is 4.54. The monoisotopic (exact) mass is 285 g/mol. The van der Waals surface area contributed by atoms with Crippen molar-refractivity contribution >= 4 is 28.3 Å². The van der Waals surface area contributed by atoms with Crippen LogP contribution >= 0.6 is 11.6 Å². The van der Waals surface area contributed by atoms with Crippen LogP contribution in [-0.2, 0) is 0 Å². The molecule has 0 unspecified atom stereocenters. The maximum atomic E-state index is 12.6. The Morgan fingerprint density at radius 2 is 2.15 bits per heavy atom. The van der Waals surface area contributed by atoms with E-state index in [-0.39, 0.29) is 16.9 Å². The molecule has 2 heterocycles. The Bertz CT molecular complexity index is 919. The summed E-state index contributed by atoms with van der Waals surface area (Å²) in [7, 11) is 0. The van der Waals surface area contributed by atoms with E-state index in [4.69, 9.17) is 17.3 Å². The Morgan fingerprint density at radius 1 is 1.40 bits per heavy atom. The summed E-state index contributed by atoms with van der Waals surface area (Å²) < 4.78 is 1.23. The van der Waals surface area contributed by atoms with Gasteiger partial charge in [-0.15, -0.1) is 0 Å². The third-order valence-electron chi connectivity index (χ3n) is 2.97. The maximum absolute atomic E-state index is 12.6. The number of pyridine rings is 1. The first-order valence-corrected chi connectivity index (χ1v) is 6.06. The third kappa shape index (κ3) is 1.65. The summed E-state index contributed by atoms with van der Waals surface area (Å²) in [5, 5.41) is 16.3. The molecular formula is C13H8ClN5O. The minimum atomic E-state index is -0.432. The van der Waals surface area contributed by atoms with Crippen LogP contribution in [0.5, 0.6) is 0 Å². The second-order valence-electron chi connectivity index (χ2n) is 4.13. The molecule has 3 N–H and O–H groups in total. The molecule has 20 heavy (non-hydrogen) atoms. The van der Waals surface area contributed by atoms with E-state index < -0.39 is 5.56 Å². The lowest BCUT2D eigenvalue weighted by Crippen LogP contribution is -2.21. The molecule has 98 valence electrons. The topological polar surface area (TPSA) is 100 Å². The van der Waals surface area contributed by atoms with Crippen LogP contribution in [0.3, 0.4) is 0 Å². The van der Waals surface area contributed by atoms with E-state index >= 15 is 0 Å². The number of para-hydroxylation sites is 1. The number of nitrogens with two attached hydrogens (primary N) is 1. The van der Waals surface area contributed by atoms with Gasteiger partial charge in [-0.1, -0.05) is 23.7 Å². The first kappa shape index (κ1) is 12.3. The number of fused-ring (bicyclic) bond motifs is 1. The molecule has 6 nitrogen and oxygen atoms in total. The van der Waals surface area contributed by atoms with Crippen LogP contribution in [-0.4, -0.2) is 14.8 Å². The largest absolute Gasteiger partial charge is 0.382 e. The lowest BCUT2D eigenvalue weighted by atomic mass is 10.2. The fourth-order valence-corrected chi connectivity index (χ4v) is 2.30. The van der Waals surface area contributed by atoms with Gasteiger partial charge in [0.1, 0.15) is 17.1 Å². The quantitative estimate of drug-likeness (QED) is 0.712. The average molecular weight is 286 g/mol. The van der Waals surface area contributed by atoms with Gasteiger partial charge in [0, 0.05) is 0 Å². The third-order valence-corrected chi connectivity index (χ3v) is 3.29. The van der Waals surface area contributed by atoms with E-state index in [0.717, 1.165) is 0 Å². The summed E-state index contributed by atoms with van der Waals surface area (Å²) >= 11 is 6.10. The van der Waals surface area contributed by atoms with Crippen molar-refractivity contribution < 1.29 is 0 Å². The van der Waals surface area contributed by atoms with Crippen molar-refractivity contribution in [2.45, 2.75) is 0 Å². The van der Waals surface area contributed by atoms with Crippen LogP contribution in [0.15, 0.2) is 35.1 Å². The van der Waals surface area contributed by atoms with Crippen LogP contribution in [0.1, 0.15) is 5.69 Å². The van der Waals surface area contributed by atoms with Crippen LogP contribution in [0.25, 0.3) is 16.6 Å². The Labute approximate surface area is 118 Å². The second kappa shape index (κ2) is 4.40. The number of nitrogen functional groups attached to an aromatic ring is 1. The van der Waals surface area contributed by atoms with Crippen molar-refractivity contribution in [2.75, 3.05) is 5.73 Å². The van der Waals surface area contributed by atoms with E-state index in [9.17, 15) is 10.1 Å². The van der Waals surface area contributed by atoms with E-state index in [1.165, 1.54) is 10.6 Å². The molecule has 0 fully saturated rings. The van der Waals surface area contributed by atoms with E-state index in [2.05, 4.69) is 10.2 Å². The number of aromatic amines is 1. The predicted octanol–water partition coefficient (Wildman–Crippen LogP) is 1.82. The van der Waals surface area contributed by atoms with E-state index in [1.807, 2.05) is 6.07 Å². The van der Waals surface area contributed by atoms with Crippen molar-refractivity contribution in [2.24, 2.45) is 0 Å². The van der Waals surface area contributed by atoms with Gasteiger partial charge in [-0.25, -0.2) is 0 Å². The molecule has 0 radical (unpaired) electrons. The Kier molecular flexibility index (Phi) is 2.70. The molecule has 0 aliphatic rings. The summed E-state index contributed by atoms with van der Waals surface area (Å²) in [4.78, 5) is 12.6. The maximum Gasteiger partial charge on any atom is 0.269 e. The standard InChI is InChI=1S/C13H8ClN5O/c14-8-3-1-2-4-10(8)19-7(6-15)5-9-11(13(19)20)12(16)18-17-9/h1-5H,(H3,16,17,18). The summed E-state index contributed by atoms with van der Waals surface area (Å²) in [6, 6.07) is 10.3. The Hall–Kier alpha value is -2.78. The van der Waals surface area contributed by atoms with Gasteiger partial charge in [0.2, 0.25) is 0 Å². The van der Waals surface area contributed by atoms with Crippen LogP contribution in [0, 0.1) is 11.3 Å². The highest BCUT2D eigenvalue weighted by Gasteiger charge is 2.16. The number of benzene rings is 1. The molecule has 0 aliphatic heterocycles. The molecule has 2 aromatic heterocycles. The zero-order valence-corrected chi connectivity index (χ0v) is 10.8. The summed E-state index contributed by atoms with van der Waals surface area (Å²) in [5.74, 6) is 0.0929. The van der Waals surface area contributed by atoms with Gasteiger partial charge in [-0.3, -0.25) is 14.5 Å². The number of hydrogen-bond donors (Lipinski definition) is 2. The summed E-state index contributed by atoms with van der Waals surface area (Å²) in [6.45, 7) is 0. The normalized spacial score (nSPS) is 10.6. The first-order valence-electron chi connectivity index (χ1n) is 5.68. The van der Waals surface area contributed by atoms with Gasteiger partial charge in [0.05, 0.1) is 16.2 Å². The molecule has 0 amide bonds. The number of anilines is 1. The molecule has 0 saturated carbocycles. The van der Waals surface area contributed by atoms with Crippen molar-refractivity contribution in [1.29, 1.82) is 5.26 Å². The van der Waals surface area contributed by atoms with Gasteiger partial charge in [-0.2, -0.15) is 10.4 Å². The molecule has 3 aromatic rings. The fourth-order valence-electron chi connectivity index (χ4n) is 2.08. The highest BCUT2D eigenvalue weighted by atomic mass is 35.5. The van der Waals surface area contributed by atoms with E-state index in [0.29, 0.717) is 16.2 Å². The lowest BCUT2D eigenvalue weighted by molar-refractivity contribution is 0.983. The highest BCUT2D eigenvalue weighted by Crippen LogP contribution is 2.22. The van der Waals surface area contributed by atoms with Crippen molar-refractivity contribution in [1.82, 2.24) is 14.8 Å². The zero-order valence-electron chi connectivity index (χ0n) is 10.1. The molecule has 7 heteroatoms. The van der Waals surface area contributed by atoms with Crippen molar-refractivity contribution in [3.8, 4) is 11.8 Å². The molecular weight excluding hydrogens is 278 g/mol. The fraction of sp³-hybridized carbons (Fsp3) is 0. The first-order chi connectivity index (χ1) is 9.63. The zero-order chi connectivity index (χ0) is 14.3. The Balaban J connectivity index is 2.50. The van der Waals surface area contributed by atoms with Crippen molar-refractivity contribution in [3.63, 3.8) is 0 Å². The van der Waals surface area contributed by atoms with Crippen LogP contribution in [0.2, 0.25) is 5.02 Å². The molecule has 0 saturated heterocycles. The van der Waals surface area contributed by atoms with Gasteiger partial charge in [-0.05, 0) is 18.2 Å². The number of nitriles is 1. The minimum Gasteiger partial charge on any atom is -0.382 e. The van der Waals surface area contributed by atoms with Crippen LogP contribution in [0.4, 0.5) is 5.82 Å². The highest BCUT2D eigenvalue weighted by molar-refractivity contribution is 6.32. The SMILES string of the molecule is N#Cc1cc2[nH]nc(N)c2c(=O)n1-c1ccccc1Cl. The summed E-state index contributed by atoms with van der Waals surface area (Å²) in [6.07, 6.45) is 0. The predicted molar refractivity (Wildman–Crippen MR) is 75.8 cm³/mol. The number of halogens is 1. The number of hydrogen-bond acceptors (Lipinski definition) is 4. The van der Waals surface area contributed by atoms with Gasteiger partial charge < -0.3 is 5.73 Å². The van der Waals surface area contributed by atoms with E-state index in [1.54, 1.807) is 24.3 Å². The molecule has 3 rings (SSSR count). The minimum absolute atomic E-state index is 0.0929. The van der Waals surface area contributed by atoms with Crippen molar-refractivity contribution in [3.05, 3.63) is 51.4 Å². The molecule has 1 aromatic carbocycles. The number of nitrogens with one attached hydrogen (secondary N) is 1. The molecule has 0 aliphatic carbocycles. The van der Waals surface area contributed by atoms with Crippen LogP contribution < -0.4 is 11.3 Å². The number of rotatable bonds is 1. The molecule has 0 bridgehead atoms. The molecule has 0 atom stereocenters. The number of aromatic nitrogens is 3. The van der Waals surface area contributed by atoms with Gasteiger partial charge >= 0.3 is 0 Å². The van der Waals surface area contributed by atoms with Gasteiger partial charge in [0.15, 0.2) is 5.82 Å². The summed E-state index contributed by atoms with van der Waals surface area (Å²) in [5.41, 5.74) is 6.25. The number of nitrogens with zero attached hydrogens (tertiary/aromatic N) is 3. The molecule has 0 spiro atoms. The number of H-pyrrole nitrogens is 1. The average Bonchev–Trinajstić information content (AvgIpc) is 2.81. The Morgan fingerprint density at radius 3 is 2.85 bits per heavy atom. The smallest absolute Gasteiger partial charge is 0.269 e.